The van der Waals surface area contributed by atoms with Gasteiger partial charge in [-0.3, -0.25) is 19.4 Å². The Morgan fingerprint density at radius 3 is 2.86 bits per heavy atom. The predicted molar refractivity (Wildman–Crippen MR) is 75.8 cm³/mol. The Morgan fingerprint density at radius 2 is 2.19 bits per heavy atom. The second-order valence-corrected chi connectivity index (χ2v) is 4.43. The number of hydrogen-bond acceptors (Lipinski definition) is 6. The first-order valence-corrected chi connectivity index (χ1v) is 6.53. The van der Waals surface area contributed by atoms with Crippen LogP contribution in [0.2, 0.25) is 0 Å². The van der Waals surface area contributed by atoms with Crippen molar-refractivity contribution in [3.05, 3.63) is 22.6 Å². The molecule has 6 N–H and O–H groups in total. The molecule has 0 bridgehead atoms. The molecule has 0 aliphatic rings. The number of aromatic amines is 1. The minimum atomic E-state index is -1.02. The lowest BCUT2D eigenvalue weighted by Crippen LogP contribution is -2.32. The Labute approximate surface area is 121 Å². The molecule has 0 radical (unpaired) electrons. The summed E-state index contributed by atoms with van der Waals surface area (Å²) >= 11 is 0. The molecule has 1 unspecified atom stereocenters. The van der Waals surface area contributed by atoms with Crippen molar-refractivity contribution in [2.24, 2.45) is 5.73 Å². The van der Waals surface area contributed by atoms with Crippen LogP contribution in [0, 0.1) is 0 Å². The third kappa shape index (κ3) is 7.06. The van der Waals surface area contributed by atoms with E-state index in [1.165, 1.54) is 12.3 Å². The standard InChI is InChI=1S/C12H19N5O4/c13-8(11(20)21)3-1-2-5-14-10(19)7-16-12-15-6-4-9(18)17-12/h4,6,8H,1-3,5,7,13H2,(H,14,19)(H,20,21)(H2,15,16,17,18). The van der Waals surface area contributed by atoms with Crippen molar-refractivity contribution in [1.82, 2.24) is 15.3 Å². The van der Waals surface area contributed by atoms with Crippen LogP contribution in [0.4, 0.5) is 5.95 Å². The van der Waals surface area contributed by atoms with E-state index in [2.05, 4.69) is 20.6 Å². The summed E-state index contributed by atoms with van der Waals surface area (Å²) in [4.78, 5) is 39.2. The molecule has 1 rings (SSSR count). The third-order valence-corrected chi connectivity index (χ3v) is 2.67. The molecule has 1 aromatic rings. The molecule has 0 spiro atoms. The highest BCUT2D eigenvalue weighted by atomic mass is 16.4. The Kier molecular flexibility index (Phi) is 6.88. The zero-order valence-corrected chi connectivity index (χ0v) is 11.5. The highest BCUT2D eigenvalue weighted by molar-refractivity contribution is 5.80. The lowest BCUT2D eigenvalue weighted by atomic mass is 10.1. The van der Waals surface area contributed by atoms with Gasteiger partial charge in [0.15, 0.2) is 0 Å². The van der Waals surface area contributed by atoms with Crippen molar-refractivity contribution in [1.29, 1.82) is 0 Å². The number of carboxylic acid groups (broad SMARTS) is 1. The van der Waals surface area contributed by atoms with Crippen LogP contribution >= 0.6 is 0 Å². The summed E-state index contributed by atoms with van der Waals surface area (Å²) in [6, 6.07) is 0.413. The van der Waals surface area contributed by atoms with Gasteiger partial charge in [0.1, 0.15) is 6.04 Å². The van der Waals surface area contributed by atoms with Gasteiger partial charge in [0.25, 0.3) is 5.56 Å². The number of rotatable bonds is 9. The van der Waals surface area contributed by atoms with Crippen molar-refractivity contribution < 1.29 is 14.7 Å². The quantitative estimate of drug-likeness (QED) is 0.362. The number of aliphatic carboxylic acids is 1. The molecule has 116 valence electrons. The zero-order chi connectivity index (χ0) is 15.7. The molecule has 21 heavy (non-hydrogen) atoms. The number of carbonyl (C=O) groups is 2. The van der Waals surface area contributed by atoms with Gasteiger partial charge >= 0.3 is 5.97 Å². The van der Waals surface area contributed by atoms with E-state index in [0.29, 0.717) is 25.8 Å². The van der Waals surface area contributed by atoms with Gasteiger partial charge < -0.3 is 21.5 Å². The van der Waals surface area contributed by atoms with Crippen LogP contribution in [0.15, 0.2) is 17.1 Å². The molecule has 1 amide bonds. The van der Waals surface area contributed by atoms with Crippen molar-refractivity contribution in [2.75, 3.05) is 18.4 Å². The van der Waals surface area contributed by atoms with Crippen LogP contribution in [0.5, 0.6) is 0 Å². The fourth-order valence-electron chi connectivity index (χ4n) is 1.53. The van der Waals surface area contributed by atoms with Crippen LogP contribution in [0.25, 0.3) is 0 Å². The fourth-order valence-corrected chi connectivity index (χ4v) is 1.53. The molecule has 0 saturated carbocycles. The first-order valence-electron chi connectivity index (χ1n) is 6.53. The summed E-state index contributed by atoms with van der Waals surface area (Å²) in [5, 5.41) is 13.9. The Balaban J connectivity index is 2.12. The van der Waals surface area contributed by atoms with Crippen LogP contribution in [0.3, 0.4) is 0 Å². The van der Waals surface area contributed by atoms with Gasteiger partial charge in [-0.15, -0.1) is 0 Å². The number of nitrogens with two attached hydrogens (primary N) is 1. The van der Waals surface area contributed by atoms with E-state index < -0.39 is 12.0 Å². The van der Waals surface area contributed by atoms with Crippen molar-refractivity contribution >= 4 is 17.8 Å². The van der Waals surface area contributed by atoms with Gasteiger partial charge in [0, 0.05) is 18.8 Å². The van der Waals surface area contributed by atoms with Crippen LogP contribution in [0.1, 0.15) is 19.3 Å². The first-order chi connectivity index (χ1) is 9.99. The van der Waals surface area contributed by atoms with E-state index in [1.807, 2.05) is 0 Å². The molecule has 0 fully saturated rings. The van der Waals surface area contributed by atoms with E-state index in [1.54, 1.807) is 0 Å². The Hall–Kier alpha value is -2.42. The van der Waals surface area contributed by atoms with Gasteiger partial charge in [-0.2, -0.15) is 0 Å². The van der Waals surface area contributed by atoms with Crippen LogP contribution in [-0.2, 0) is 9.59 Å². The van der Waals surface area contributed by atoms with Gasteiger partial charge in [-0.25, -0.2) is 4.98 Å². The molecule has 1 aromatic heterocycles. The fraction of sp³-hybridized carbons (Fsp3) is 0.500. The molecule has 0 aliphatic heterocycles. The van der Waals surface area contributed by atoms with E-state index in [0.717, 1.165) is 0 Å². The summed E-state index contributed by atoms with van der Waals surface area (Å²) in [6.07, 6.45) is 2.98. The normalized spacial score (nSPS) is 11.7. The molecular formula is C12H19N5O4. The van der Waals surface area contributed by atoms with Crippen molar-refractivity contribution in [3.8, 4) is 0 Å². The minimum Gasteiger partial charge on any atom is -0.480 e. The number of hydrogen-bond donors (Lipinski definition) is 5. The minimum absolute atomic E-state index is 0.0123. The summed E-state index contributed by atoms with van der Waals surface area (Å²) in [6.45, 7) is 0.424. The largest absolute Gasteiger partial charge is 0.480 e. The van der Waals surface area contributed by atoms with Crippen molar-refractivity contribution in [3.63, 3.8) is 0 Å². The van der Waals surface area contributed by atoms with E-state index >= 15 is 0 Å². The molecule has 0 aromatic carbocycles. The average molecular weight is 297 g/mol. The number of nitrogens with one attached hydrogen (secondary N) is 3. The lowest BCUT2D eigenvalue weighted by molar-refractivity contribution is -0.138. The highest BCUT2D eigenvalue weighted by Gasteiger charge is 2.10. The second kappa shape index (κ2) is 8.69. The lowest BCUT2D eigenvalue weighted by Gasteiger charge is -2.08. The van der Waals surface area contributed by atoms with E-state index in [9.17, 15) is 14.4 Å². The Morgan fingerprint density at radius 1 is 1.43 bits per heavy atom. The molecule has 1 heterocycles. The number of aromatic nitrogens is 2. The second-order valence-electron chi connectivity index (χ2n) is 4.43. The van der Waals surface area contributed by atoms with Crippen LogP contribution in [-0.4, -0.2) is 46.1 Å². The van der Waals surface area contributed by atoms with Gasteiger partial charge in [0.05, 0.1) is 6.54 Å². The van der Waals surface area contributed by atoms with E-state index in [-0.39, 0.29) is 24.0 Å². The molecular weight excluding hydrogens is 278 g/mol. The molecule has 9 heteroatoms. The third-order valence-electron chi connectivity index (χ3n) is 2.67. The van der Waals surface area contributed by atoms with E-state index in [4.69, 9.17) is 10.8 Å². The number of carbonyl (C=O) groups excluding carboxylic acids is 1. The molecule has 0 aliphatic carbocycles. The predicted octanol–water partition coefficient (Wildman–Crippen LogP) is -1.12. The topological polar surface area (TPSA) is 150 Å². The number of H-pyrrole nitrogens is 1. The van der Waals surface area contributed by atoms with Gasteiger partial charge in [-0.1, -0.05) is 0 Å². The SMILES string of the molecule is NC(CCCCNC(=O)CNc1nccc(=O)[nH]1)C(=O)O. The molecule has 0 saturated heterocycles. The maximum absolute atomic E-state index is 11.5. The van der Waals surface area contributed by atoms with Crippen LogP contribution < -0.4 is 21.9 Å². The van der Waals surface area contributed by atoms with Gasteiger partial charge in [0.2, 0.25) is 11.9 Å². The number of carboxylic acids is 1. The van der Waals surface area contributed by atoms with Gasteiger partial charge in [-0.05, 0) is 19.3 Å². The molecule has 1 atom stereocenters. The molecule has 9 nitrogen and oxygen atoms in total. The smallest absolute Gasteiger partial charge is 0.320 e. The maximum atomic E-state index is 11.5. The number of amides is 1. The summed E-state index contributed by atoms with van der Waals surface area (Å²) in [7, 11) is 0. The highest BCUT2D eigenvalue weighted by Crippen LogP contribution is 1.98. The number of unbranched alkanes of at least 4 members (excludes halogenated alkanes) is 1. The first kappa shape index (κ1) is 16.6. The summed E-state index contributed by atoms with van der Waals surface area (Å²) in [5.74, 6) is -1.04. The monoisotopic (exact) mass is 297 g/mol. The zero-order valence-electron chi connectivity index (χ0n) is 11.5. The average Bonchev–Trinajstić information content (AvgIpc) is 2.44. The Bertz CT molecular complexity index is 530. The number of anilines is 1. The van der Waals surface area contributed by atoms with Crippen molar-refractivity contribution in [2.45, 2.75) is 25.3 Å². The number of nitrogens with zero attached hydrogens (tertiary/aromatic N) is 1. The maximum Gasteiger partial charge on any atom is 0.320 e. The summed E-state index contributed by atoms with van der Waals surface area (Å²) < 4.78 is 0. The summed E-state index contributed by atoms with van der Waals surface area (Å²) in [5.41, 5.74) is 5.05.